The van der Waals surface area contributed by atoms with Crippen LogP contribution in [0.5, 0.6) is 5.75 Å². The van der Waals surface area contributed by atoms with E-state index in [4.69, 9.17) is 16.3 Å². The molecule has 0 saturated carbocycles. The van der Waals surface area contributed by atoms with Gasteiger partial charge in [0.25, 0.3) is 5.91 Å². The van der Waals surface area contributed by atoms with Gasteiger partial charge in [-0.05, 0) is 13.0 Å². The molecule has 1 unspecified atom stereocenters. The van der Waals surface area contributed by atoms with Crippen LogP contribution in [0.25, 0.3) is 0 Å². The number of nitro benzene ring substituents is 1. The minimum absolute atomic E-state index is 0.0478. The molecule has 7 heteroatoms. The van der Waals surface area contributed by atoms with E-state index in [0.29, 0.717) is 6.54 Å². The molecule has 1 aromatic carbocycles. The Hall–Kier alpha value is -1.82. The molecular weight excluding hydrogens is 260 g/mol. The van der Waals surface area contributed by atoms with Crippen LogP contribution in [0.4, 0.5) is 5.69 Å². The van der Waals surface area contributed by atoms with Gasteiger partial charge in [-0.15, -0.1) is 11.6 Å². The fourth-order valence-electron chi connectivity index (χ4n) is 1.31. The van der Waals surface area contributed by atoms with Crippen LogP contribution in [0, 0.1) is 10.1 Å². The zero-order chi connectivity index (χ0) is 13.7. The van der Waals surface area contributed by atoms with E-state index in [2.05, 4.69) is 5.32 Å². The van der Waals surface area contributed by atoms with Crippen LogP contribution >= 0.6 is 11.6 Å². The van der Waals surface area contributed by atoms with Crippen molar-refractivity contribution in [3.63, 3.8) is 0 Å². The first-order valence-electron chi connectivity index (χ1n) is 5.20. The van der Waals surface area contributed by atoms with Gasteiger partial charge in [-0.3, -0.25) is 14.9 Å². The standard InChI is InChI=1S/C11H13ClN2O4/c1-7(12)6-13-11(15)8-3-4-9(14(16)17)10(5-8)18-2/h3-5,7H,6H2,1-2H3,(H,13,15). The molecule has 98 valence electrons. The molecule has 0 fully saturated rings. The highest BCUT2D eigenvalue weighted by atomic mass is 35.5. The van der Waals surface area contributed by atoms with Gasteiger partial charge in [-0.25, -0.2) is 0 Å². The van der Waals surface area contributed by atoms with E-state index < -0.39 is 4.92 Å². The lowest BCUT2D eigenvalue weighted by Crippen LogP contribution is -2.28. The Kier molecular flexibility index (Phi) is 4.91. The van der Waals surface area contributed by atoms with E-state index in [1.165, 1.54) is 25.3 Å². The number of halogens is 1. The number of ether oxygens (including phenoxy) is 1. The van der Waals surface area contributed by atoms with Crippen LogP contribution in [0.15, 0.2) is 18.2 Å². The zero-order valence-corrected chi connectivity index (χ0v) is 10.7. The Morgan fingerprint density at radius 3 is 2.78 bits per heavy atom. The van der Waals surface area contributed by atoms with Crippen LogP contribution in [0.1, 0.15) is 17.3 Å². The molecule has 1 rings (SSSR count). The molecule has 1 atom stereocenters. The van der Waals surface area contributed by atoms with Crippen LogP contribution in [0.2, 0.25) is 0 Å². The molecule has 0 radical (unpaired) electrons. The average molecular weight is 273 g/mol. The number of carbonyl (C=O) groups excluding carboxylic acids is 1. The highest BCUT2D eigenvalue weighted by Gasteiger charge is 2.17. The molecule has 1 amide bonds. The second-order valence-electron chi connectivity index (χ2n) is 3.63. The predicted octanol–water partition coefficient (Wildman–Crippen LogP) is 1.96. The average Bonchev–Trinajstić information content (AvgIpc) is 2.34. The van der Waals surface area contributed by atoms with E-state index in [-0.39, 0.29) is 28.3 Å². The van der Waals surface area contributed by atoms with Crippen LogP contribution in [0.3, 0.4) is 0 Å². The van der Waals surface area contributed by atoms with Crippen LogP contribution < -0.4 is 10.1 Å². The second-order valence-corrected chi connectivity index (χ2v) is 4.38. The third-order valence-electron chi connectivity index (χ3n) is 2.18. The number of rotatable bonds is 5. The summed E-state index contributed by atoms with van der Waals surface area (Å²) in [5.41, 5.74) is 0.106. The summed E-state index contributed by atoms with van der Waals surface area (Å²) in [6.45, 7) is 2.07. The van der Waals surface area contributed by atoms with Gasteiger partial charge in [0.05, 0.1) is 12.0 Å². The minimum atomic E-state index is -0.568. The quantitative estimate of drug-likeness (QED) is 0.505. The molecule has 1 N–H and O–H groups in total. The van der Waals surface area contributed by atoms with Crippen LogP contribution in [-0.2, 0) is 0 Å². The maximum Gasteiger partial charge on any atom is 0.310 e. The number of benzene rings is 1. The van der Waals surface area contributed by atoms with E-state index in [1.54, 1.807) is 6.92 Å². The lowest BCUT2D eigenvalue weighted by molar-refractivity contribution is -0.385. The lowest BCUT2D eigenvalue weighted by Gasteiger charge is -2.08. The Morgan fingerprint density at radius 2 is 2.28 bits per heavy atom. The summed E-state index contributed by atoms with van der Waals surface area (Å²) in [4.78, 5) is 21.8. The summed E-state index contributed by atoms with van der Waals surface area (Å²) >= 11 is 5.71. The summed E-state index contributed by atoms with van der Waals surface area (Å²) in [5.74, 6) is -0.303. The third kappa shape index (κ3) is 3.59. The van der Waals surface area contributed by atoms with Crippen molar-refractivity contribution in [2.75, 3.05) is 13.7 Å². The number of hydrogen-bond donors (Lipinski definition) is 1. The molecule has 0 saturated heterocycles. The van der Waals surface area contributed by atoms with Gasteiger partial charge in [0.2, 0.25) is 0 Å². The first-order chi connectivity index (χ1) is 8.45. The monoisotopic (exact) mass is 272 g/mol. The number of alkyl halides is 1. The zero-order valence-electron chi connectivity index (χ0n) is 9.97. The number of nitro groups is 1. The van der Waals surface area contributed by atoms with Crippen molar-refractivity contribution in [1.82, 2.24) is 5.32 Å². The van der Waals surface area contributed by atoms with Crippen LogP contribution in [-0.4, -0.2) is 29.9 Å². The molecule has 0 aliphatic carbocycles. The number of carbonyl (C=O) groups is 1. The van der Waals surface area contributed by atoms with Crippen molar-refractivity contribution < 1.29 is 14.5 Å². The van der Waals surface area contributed by atoms with Gasteiger partial charge in [-0.2, -0.15) is 0 Å². The molecule has 0 bridgehead atoms. The maximum absolute atomic E-state index is 11.7. The van der Waals surface area contributed by atoms with Gasteiger partial charge < -0.3 is 10.1 Å². The Morgan fingerprint density at radius 1 is 1.61 bits per heavy atom. The molecular formula is C11H13ClN2O4. The summed E-state index contributed by atoms with van der Waals surface area (Å²) in [5, 5.41) is 13.1. The highest BCUT2D eigenvalue weighted by Crippen LogP contribution is 2.27. The van der Waals surface area contributed by atoms with Gasteiger partial charge >= 0.3 is 5.69 Å². The number of hydrogen-bond acceptors (Lipinski definition) is 4. The molecule has 0 aliphatic rings. The maximum atomic E-state index is 11.7. The van der Waals surface area contributed by atoms with E-state index in [0.717, 1.165) is 0 Å². The van der Waals surface area contributed by atoms with Gasteiger partial charge in [-0.1, -0.05) is 0 Å². The first kappa shape index (κ1) is 14.2. The number of nitrogens with zero attached hydrogens (tertiary/aromatic N) is 1. The Balaban J connectivity index is 2.91. The largest absolute Gasteiger partial charge is 0.490 e. The molecule has 6 nitrogen and oxygen atoms in total. The first-order valence-corrected chi connectivity index (χ1v) is 5.64. The Labute approximate surface area is 109 Å². The van der Waals surface area contributed by atoms with Gasteiger partial charge in [0.15, 0.2) is 5.75 Å². The number of amides is 1. The van der Waals surface area contributed by atoms with Crippen molar-refractivity contribution in [1.29, 1.82) is 0 Å². The van der Waals surface area contributed by atoms with Crippen molar-refractivity contribution in [2.45, 2.75) is 12.3 Å². The van der Waals surface area contributed by atoms with E-state index in [9.17, 15) is 14.9 Å². The molecule has 0 spiro atoms. The fourth-order valence-corrected chi connectivity index (χ4v) is 1.38. The van der Waals surface area contributed by atoms with E-state index in [1.807, 2.05) is 0 Å². The molecule has 0 aliphatic heterocycles. The summed E-state index contributed by atoms with van der Waals surface area (Å²) in [7, 11) is 1.31. The molecule has 1 aromatic rings. The van der Waals surface area contributed by atoms with Crippen molar-refractivity contribution >= 4 is 23.2 Å². The van der Waals surface area contributed by atoms with Crippen molar-refractivity contribution in [3.8, 4) is 5.75 Å². The normalized spacial score (nSPS) is 11.7. The molecule has 0 aromatic heterocycles. The Bertz CT molecular complexity index is 462. The number of methoxy groups -OCH3 is 1. The minimum Gasteiger partial charge on any atom is -0.490 e. The molecule has 0 heterocycles. The van der Waals surface area contributed by atoms with Gasteiger partial charge in [0.1, 0.15) is 0 Å². The summed E-state index contributed by atoms with van der Waals surface area (Å²) in [6, 6.07) is 3.93. The van der Waals surface area contributed by atoms with Crippen molar-refractivity contribution in [3.05, 3.63) is 33.9 Å². The van der Waals surface area contributed by atoms with Crippen molar-refractivity contribution in [2.24, 2.45) is 0 Å². The summed E-state index contributed by atoms with van der Waals surface area (Å²) < 4.78 is 4.88. The fraction of sp³-hybridized carbons (Fsp3) is 0.364. The third-order valence-corrected chi connectivity index (χ3v) is 2.34. The molecule has 18 heavy (non-hydrogen) atoms. The highest BCUT2D eigenvalue weighted by molar-refractivity contribution is 6.20. The van der Waals surface area contributed by atoms with Gasteiger partial charge in [0, 0.05) is 29.6 Å². The summed E-state index contributed by atoms with van der Waals surface area (Å²) in [6.07, 6.45) is 0. The topological polar surface area (TPSA) is 81.5 Å². The lowest BCUT2D eigenvalue weighted by atomic mass is 10.1. The smallest absolute Gasteiger partial charge is 0.310 e. The van der Waals surface area contributed by atoms with E-state index >= 15 is 0 Å². The number of nitrogens with one attached hydrogen (secondary N) is 1. The SMILES string of the molecule is COc1cc(C(=O)NCC(C)Cl)ccc1[N+](=O)[O-]. The second kappa shape index (κ2) is 6.20. The predicted molar refractivity (Wildman–Crippen MR) is 67.3 cm³/mol.